The summed E-state index contributed by atoms with van der Waals surface area (Å²) in [5, 5.41) is 11.4. The van der Waals surface area contributed by atoms with Crippen LogP contribution >= 0.6 is 0 Å². The molecule has 1 amide bonds. The summed E-state index contributed by atoms with van der Waals surface area (Å²) in [5.41, 5.74) is 2.16. The molecule has 0 aliphatic carbocycles. The fourth-order valence-electron chi connectivity index (χ4n) is 3.67. The van der Waals surface area contributed by atoms with Crippen LogP contribution in [0, 0.1) is 10.1 Å². The Kier molecular flexibility index (Phi) is 4.99. The van der Waals surface area contributed by atoms with Crippen LogP contribution in [0.15, 0.2) is 78.9 Å². The van der Waals surface area contributed by atoms with Crippen LogP contribution < -0.4 is 9.64 Å². The minimum atomic E-state index is -0.640. The average molecular weight is 388 g/mol. The first-order valence-electron chi connectivity index (χ1n) is 9.48. The van der Waals surface area contributed by atoms with E-state index in [1.807, 2.05) is 67.6 Å². The molecule has 3 aromatic rings. The summed E-state index contributed by atoms with van der Waals surface area (Å²) in [6, 6.07) is 23.3. The molecule has 0 spiro atoms. The van der Waals surface area contributed by atoms with Crippen LogP contribution in [0.3, 0.4) is 0 Å². The molecule has 29 heavy (non-hydrogen) atoms. The second kappa shape index (κ2) is 7.75. The zero-order valence-electron chi connectivity index (χ0n) is 15.9. The SMILES string of the molecule is CCC1Oc2ccc([N+](=O)[O-])cc2N(C(c2ccccc2)c2ccccc2)C1=O. The summed E-state index contributed by atoms with van der Waals surface area (Å²) in [6.07, 6.45) is -0.138. The maximum atomic E-state index is 13.4. The van der Waals surface area contributed by atoms with Crippen molar-refractivity contribution in [1.82, 2.24) is 0 Å². The Balaban J connectivity index is 1.94. The van der Waals surface area contributed by atoms with Gasteiger partial charge in [-0.05, 0) is 23.6 Å². The molecule has 0 aromatic heterocycles. The third-order valence-electron chi connectivity index (χ3n) is 5.05. The zero-order valence-corrected chi connectivity index (χ0v) is 15.9. The van der Waals surface area contributed by atoms with Crippen molar-refractivity contribution in [2.24, 2.45) is 0 Å². The van der Waals surface area contributed by atoms with Gasteiger partial charge >= 0.3 is 0 Å². The van der Waals surface area contributed by atoms with Crippen molar-refractivity contribution in [3.8, 4) is 5.75 Å². The van der Waals surface area contributed by atoms with Gasteiger partial charge < -0.3 is 4.74 Å². The highest BCUT2D eigenvalue weighted by Gasteiger charge is 2.39. The lowest BCUT2D eigenvalue weighted by Crippen LogP contribution is -2.47. The van der Waals surface area contributed by atoms with Crippen LogP contribution in [0.1, 0.15) is 30.5 Å². The highest BCUT2D eigenvalue weighted by molar-refractivity contribution is 6.01. The third kappa shape index (κ3) is 3.45. The number of non-ortho nitro benzene ring substituents is 1. The van der Waals surface area contributed by atoms with Gasteiger partial charge in [0, 0.05) is 12.1 Å². The topological polar surface area (TPSA) is 72.7 Å². The van der Waals surface area contributed by atoms with E-state index >= 15 is 0 Å². The first-order valence-corrected chi connectivity index (χ1v) is 9.48. The van der Waals surface area contributed by atoms with E-state index in [1.54, 1.807) is 11.0 Å². The van der Waals surface area contributed by atoms with Gasteiger partial charge in [-0.25, -0.2) is 0 Å². The molecule has 1 unspecified atom stereocenters. The first-order chi connectivity index (χ1) is 14.1. The number of hydrogen-bond donors (Lipinski definition) is 0. The van der Waals surface area contributed by atoms with Crippen LogP contribution in [0.4, 0.5) is 11.4 Å². The van der Waals surface area contributed by atoms with Crippen molar-refractivity contribution < 1.29 is 14.5 Å². The number of carbonyl (C=O) groups excluding carboxylic acids is 1. The molecule has 0 fully saturated rings. The minimum Gasteiger partial charge on any atom is -0.478 e. The Bertz CT molecular complexity index is 998. The third-order valence-corrected chi connectivity index (χ3v) is 5.05. The van der Waals surface area contributed by atoms with Gasteiger partial charge in [0.05, 0.1) is 16.7 Å². The van der Waals surface area contributed by atoms with Gasteiger partial charge in [0.15, 0.2) is 6.10 Å². The maximum Gasteiger partial charge on any atom is 0.271 e. The largest absolute Gasteiger partial charge is 0.478 e. The van der Waals surface area contributed by atoms with E-state index in [-0.39, 0.29) is 11.6 Å². The van der Waals surface area contributed by atoms with E-state index in [1.165, 1.54) is 12.1 Å². The highest BCUT2D eigenvalue weighted by atomic mass is 16.6. The number of benzene rings is 3. The second-order valence-corrected chi connectivity index (χ2v) is 6.86. The Morgan fingerprint density at radius 3 is 2.10 bits per heavy atom. The molecule has 0 N–H and O–H groups in total. The quantitative estimate of drug-likeness (QED) is 0.461. The molecule has 4 rings (SSSR count). The average Bonchev–Trinajstić information content (AvgIpc) is 2.76. The number of ether oxygens (including phenoxy) is 1. The van der Waals surface area contributed by atoms with Crippen LogP contribution in [0.25, 0.3) is 0 Å². The number of nitro groups is 1. The van der Waals surface area contributed by atoms with E-state index < -0.39 is 17.1 Å². The molecule has 146 valence electrons. The number of nitrogens with zero attached hydrogens (tertiary/aromatic N) is 2. The zero-order chi connectivity index (χ0) is 20.4. The van der Waals surface area contributed by atoms with E-state index in [9.17, 15) is 14.9 Å². The molecule has 1 heterocycles. The smallest absolute Gasteiger partial charge is 0.271 e. The maximum absolute atomic E-state index is 13.4. The molecule has 1 atom stereocenters. The van der Waals surface area contributed by atoms with Gasteiger partial charge in [-0.1, -0.05) is 67.6 Å². The summed E-state index contributed by atoms with van der Waals surface area (Å²) in [6.45, 7) is 1.89. The molecule has 3 aromatic carbocycles. The standard InChI is InChI=1S/C23H20N2O4/c1-2-20-23(26)24(19-15-18(25(27)28)13-14-21(19)29-20)22(16-9-5-3-6-10-16)17-11-7-4-8-12-17/h3-15,20,22H,2H2,1H3. The Labute approximate surface area is 168 Å². The van der Waals surface area contributed by atoms with Crippen molar-refractivity contribution in [1.29, 1.82) is 0 Å². The van der Waals surface area contributed by atoms with Crippen molar-refractivity contribution >= 4 is 17.3 Å². The van der Waals surface area contributed by atoms with Crippen LogP contribution in [0.5, 0.6) is 5.75 Å². The van der Waals surface area contributed by atoms with Gasteiger partial charge in [-0.3, -0.25) is 19.8 Å². The van der Waals surface area contributed by atoms with Gasteiger partial charge in [-0.2, -0.15) is 0 Å². The molecule has 0 radical (unpaired) electrons. The van der Waals surface area contributed by atoms with Gasteiger partial charge in [0.2, 0.25) is 0 Å². The Hall–Kier alpha value is -3.67. The van der Waals surface area contributed by atoms with Crippen molar-refractivity contribution in [2.75, 3.05) is 4.90 Å². The van der Waals surface area contributed by atoms with Crippen molar-refractivity contribution in [3.63, 3.8) is 0 Å². The molecule has 0 saturated carbocycles. The summed E-state index contributed by atoms with van der Waals surface area (Å²) < 4.78 is 5.87. The summed E-state index contributed by atoms with van der Waals surface area (Å²) in [5.74, 6) is 0.261. The Morgan fingerprint density at radius 1 is 1.00 bits per heavy atom. The number of rotatable bonds is 5. The minimum absolute atomic E-state index is 0.0834. The molecule has 0 saturated heterocycles. The first kappa shape index (κ1) is 18.7. The van der Waals surface area contributed by atoms with Crippen LogP contribution in [-0.4, -0.2) is 16.9 Å². The Morgan fingerprint density at radius 2 is 1.59 bits per heavy atom. The fourth-order valence-corrected chi connectivity index (χ4v) is 3.67. The van der Waals surface area contributed by atoms with E-state index in [0.29, 0.717) is 17.9 Å². The molecule has 6 heteroatoms. The van der Waals surface area contributed by atoms with Crippen molar-refractivity contribution in [2.45, 2.75) is 25.5 Å². The van der Waals surface area contributed by atoms with E-state index in [0.717, 1.165) is 11.1 Å². The lowest BCUT2D eigenvalue weighted by atomic mass is 9.94. The van der Waals surface area contributed by atoms with E-state index in [2.05, 4.69) is 0 Å². The number of carbonyl (C=O) groups is 1. The van der Waals surface area contributed by atoms with Gasteiger partial charge in [0.25, 0.3) is 11.6 Å². The fraction of sp³-hybridized carbons (Fsp3) is 0.174. The predicted molar refractivity (Wildman–Crippen MR) is 110 cm³/mol. The summed E-state index contributed by atoms with van der Waals surface area (Å²) in [7, 11) is 0. The molecule has 6 nitrogen and oxygen atoms in total. The summed E-state index contributed by atoms with van der Waals surface area (Å²) in [4.78, 5) is 26.0. The van der Waals surface area contributed by atoms with Crippen molar-refractivity contribution in [3.05, 3.63) is 100 Å². The number of fused-ring (bicyclic) bond motifs is 1. The molecule has 1 aliphatic heterocycles. The van der Waals surface area contributed by atoms with Crippen LogP contribution in [0.2, 0.25) is 0 Å². The van der Waals surface area contributed by atoms with Gasteiger partial charge in [-0.15, -0.1) is 0 Å². The predicted octanol–water partition coefficient (Wildman–Crippen LogP) is 4.89. The number of hydrogen-bond acceptors (Lipinski definition) is 4. The number of amides is 1. The monoisotopic (exact) mass is 388 g/mol. The van der Waals surface area contributed by atoms with Gasteiger partial charge in [0.1, 0.15) is 5.75 Å². The van der Waals surface area contributed by atoms with E-state index in [4.69, 9.17) is 4.74 Å². The van der Waals surface area contributed by atoms with Crippen LogP contribution in [-0.2, 0) is 4.79 Å². The molecular formula is C23H20N2O4. The summed E-state index contributed by atoms with van der Waals surface area (Å²) >= 11 is 0. The molecule has 1 aliphatic rings. The number of nitro benzene ring substituents is 1. The normalized spacial score (nSPS) is 15.7. The molecule has 0 bridgehead atoms. The lowest BCUT2D eigenvalue weighted by Gasteiger charge is -2.39. The second-order valence-electron chi connectivity index (χ2n) is 6.86. The highest BCUT2D eigenvalue weighted by Crippen LogP contribution is 2.43. The molecular weight excluding hydrogens is 368 g/mol. The number of anilines is 1. The lowest BCUT2D eigenvalue weighted by molar-refractivity contribution is -0.384.